The predicted octanol–water partition coefficient (Wildman–Crippen LogP) is 3.96. The first-order valence-electron chi connectivity index (χ1n) is 8.33. The largest absolute Gasteiger partial charge is 0.416 e. The number of halogens is 3. The topological polar surface area (TPSA) is 66.1 Å². The van der Waals surface area contributed by atoms with E-state index in [0.717, 1.165) is 18.6 Å². The molecule has 0 amide bonds. The minimum atomic E-state index is -4.47. The van der Waals surface area contributed by atoms with E-state index in [2.05, 4.69) is 10.2 Å². The molecule has 5 nitrogen and oxygen atoms in total. The van der Waals surface area contributed by atoms with Gasteiger partial charge in [0.05, 0.1) is 23.0 Å². The Morgan fingerprint density at radius 2 is 1.96 bits per heavy atom. The van der Waals surface area contributed by atoms with E-state index in [-0.39, 0.29) is 11.4 Å². The summed E-state index contributed by atoms with van der Waals surface area (Å²) in [5.74, 6) is 0. The Kier molecular flexibility index (Phi) is 4.87. The molecule has 1 aliphatic heterocycles. The van der Waals surface area contributed by atoms with Gasteiger partial charge in [0.1, 0.15) is 4.90 Å². The lowest BCUT2D eigenvalue weighted by atomic mass is 9.96. The molecule has 1 fully saturated rings. The normalized spacial score (nSPS) is 19.7. The van der Waals surface area contributed by atoms with Crippen LogP contribution in [0.5, 0.6) is 0 Å². The van der Waals surface area contributed by atoms with Crippen LogP contribution in [0.3, 0.4) is 0 Å². The standard InChI is InChI=1S/C17H20F3N3O2S/c1-11-16(12(2)22-21-11)26(24,25)23-9-4-3-8-15(23)13-6-5-7-14(10-13)17(18,19)20/h5-7,10,15H,3-4,8-9H2,1-2H3,(H,21,22). The molecule has 1 atom stereocenters. The van der Waals surface area contributed by atoms with Crippen LogP contribution in [0.2, 0.25) is 0 Å². The lowest BCUT2D eigenvalue weighted by Crippen LogP contribution is -2.39. The number of piperidine rings is 1. The van der Waals surface area contributed by atoms with Crippen molar-refractivity contribution >= 4 is 10.0 Å². The molecule has 1 saturated heterocycles. The number of hydrogen-bond donors (Lipinski definition) is 1. The van der Waals surface area contributed by atoms with Crippen LogP contribution in [0.15, 0.2) is 29.2 Å². The zero-order valence-electron chi connectivity index (χ0n) is 14.5. The van der Waals surface area contributed by atoms with E-state index in [9.17, 15) is 21.6 Å². The van der Waals surface area contributed by atoms with Gasteiger partial charge in [0.2, 0.25) is 10.0 Å². The van der Waals surface area contributed by atoms with Crippen molar-refractivity contribution < 1.29 is 21.6 Å². The van der Waals surface area contributed by atoms with Crippen LogP contribution in [0.4, 0.5) is 13.2 Å². The Bertz CT molecular complexity index is 887. The summed E-state index contributed by atoms with van der Waals surface area (Å²) in [5.41, 5.74) is 0.377. The molecule has 3 rings (SSSR count). The molecule has 1 N–H and O–H groups in total. The van der Waals surface area contributed by atoms with Crippen LogP contribution in [-0.4, -0.2) is 29.5 Å². The third-order valence-electron chi connectivity index (χ3n) is 4.68. The van der Waals surface area contributed by atoms with Crippen molar-refractivity contribution in [2.24, 2.45) is 0 Å². The maximum atomic E-state index is 13.2. The number of H-pyrrole nitrogens is 1. The molecule has 1 aromatic carbocycles. The molecule has 142 valence electrons. The predicted molar refractivity (Wildman–Crippen MR) is 90.0 cm³/mol. The molecule has 0 spiro atoms. The second kappa shape index (κ2) is 6.70. The highest BCUT2D eigenvalue weighted by molar-refractivity contribution is 7.89. The summed E-state index contributed by atoms with van der Waals surface area (Å²) in [6.07, 6.45) is -2.55. The Balaban J connectivity index is 2.05. The number of alkyl halides is 3. The van der Waals surface area contributed by atoms with E-state index in [4.69, 9.17) is 0 Å². The summed E-state index contributed by atoms with van der Waals surface area (Å²) in [4.78, 5) is 0.108. The molecule has 2 aromatic rings. The van der Waals surface area contributed by atoms with Gasteiger partial charge in [0.15, 0.2) is 0 Å². The van der Waals surface area contributed by atoms with Gasteiger partial charge in [-0.2, -0.15) is 22.6 Å². The smallest absolute Gasteiger partial charge is 0.281 e. The van der Waals surface area contributed by atoms with Crippen LogP contribution in [0.1, 0.15) is 47.8 Å². The van der Waals surface area contributed by atoms with Gasteiger partial charge in [-0.15, -0.1) is 0 Å². The van der Waals surface area contributed by atoms with Crippen LogP contribution in [-0.2, 0) is 16.2 Å². The monoisotopic (exact) mass is 387 g/mol. The molecule has 2 heterocycles. The minimum Gasteiger partial charge on any atom is -0.281 e. The number of aryl methyl sites for hydroxylation is 2. The highest BCUT2D eigenvalue weighted by atomic mass is 32.2. The molecule has 0 radical (unpaired) electrons. The van der Waals surface area contributed by atoms with Crippen LogP contribution >= 0.6 is 0 Å². The summed E-state index contributed by atoms with van der Waals surface area (Å²) < 4.78 is 66.9. The first-order valence-corrected chi connectivity index (χ1v) is 9.77. The fourth-order valence-corrected chi connectivity index (χ4v) is 5.50. The van der Waals surface area contributed by atoms with Crippen LogP contribution < -0.4 is 0 Å². The number of sulfonamides is 1. The molecule has 9 heteroatoms. The average Bonchev–Trinajstić information content (AvgIpc) is 2.93. The molecule has 26 heavy (non-hydrogen) atoms. The van der Waals surface area contributed by atoms with Gasteiger partial charge in [0, 0.05) is 6.54 Å². The summed E-state index contributed by atoms with van der Waals surface area (Å²) in [7, 11) is -3.87. The number of rotatable bonds is 3. The quantitative estimate of drug-likeness (QED) is 0.867. The van der Waals surface area contributed by atoms with E-state index in [1.54, 1.807) is 19.9 Å². The van der Waals surface area contributed by atoms with Gasteiger partial charge in [-0.1, -0.05) is 18.6 Å². The van der Waals surface area contributed by atoms with E-state index in [1.165, 1.54) is 10.4 Å². The number of nitrogens with zero attached hydrogens (tertiary/aromatic N) is 2. The number of aromatic amines is 1. The molecular weight excluding hydrogens is 367 g/mol. The number of nitrogens with one attached hydrogen (secondary N) is 1. The Morgan fingerprint density at radius 1 is 1.23 bits per heavy atom. The Labute approximate surface area is 150 Å². The third-order valence-corrected chi connectivity index (χ3v) is 6.85. The van der Waals surface area contributed by atoms with Crippen LogP contribution in [0.25, 0.3) is 0 Å². The highest BCUT2D eigenvalue weighted by Crippen LogP contribution is 2.38. The maximum Gasteiger partial charge on any atom is 0.416 e. The van der Waals surface area contributed by atoms with Crippen molar-refractivity contribution in [3.63, 3.8) is 0 Å². The van der Waals surface area contributed by atoms with Crippen molar-refractivity contribution in [1.29, 1.82) is 0 Å². The zero-order valence-corrected chi connectivity index (χ0v) is 15.3. The van der Waals surface area contributed by atoms with Crippen molar-refractivity contribution in [3.05, 3.63) is 46.8 Å². The fraction of sp³-hybridized carbons (Fsp3) is 0.471. The van der Waals surface area contributed by atoms with Crippen molar-refractivity contribution in [1.82, 2.24) is 14.5 Å². The van der Waals surface area contributed by atoms with Crippen LogP contribution in [0, 0.1) is 13.8 Å². The molecule has 1 unspecified atom stereocenters. The van der Waals surface area contributed by atoms with Gasteiger partial charge < -0.3 is 0 Å². The SMILES string of the molecule is Cc1n[nH]c(C)c1S(=O)(=O)N1CCCCC1c1cccc(C(F)(F)F)c1. The van der Waals surface area contributed by atoms with E-state index < -0.39 is 27.8 Å². The molecule has 0 saturated carbocycles. The molecule has 0 aliphatic carbocycles. The second-order valence-corrected chi connectivity index (χ2v) is 8.34. The van der Waals surface area contributed by atoms with E-state index in [1.807, 2.05) is 0 Å². The molecule has 0 bridgehead atoms. The van der Waals surface area contributed by atoms with E-state index in [0.29, 0.717) is 29.8 Å². The second-order valence-electron chi connectivity index (χ2n) is 6.51. The summed E-state index contributed by atoms with van der Waals surface area (Å²) in [6.45, 7) is 3.49. The van der Waals surface area contributed by atoms with Gasteiger partial charge in [-0.05, 0) is 44.4 Å². The van der Waals surface area contributed by atoms with Crippen molar-refractivity contribution in [2.75, 3.05) is 6.54 Å². The van der Waals surface area contributed by atoms with Gasteiger partial charge in [-0.3, -0.25) is 5.10 Å². The number of hydrogen-bond acceptors (Lipinski definition) is 3. The lowest BCUT2D eigenvalue weighted by molar-refractivity contribution is -0.137. The third kappa shape index (κ3) is 3.37. The average molecular weight is 387 g/mol. The Hall–Kier alpha value is -1.87. The summed E-state index contributed by atoms with van der Waals surface area (Å²) in [6, 6.07) is 4.31. The van der Waals surface area contributed by atoms with Gasteiger partial charge in [0.25, 0.3) is 0 Å². The fourth-order valence-electron chi connectivity index (χ4n) is 3.49. The highest BCUT2D eigenvalue weighted by Gasteiger charge is 2.38. The maximum absolute atomic E-state index is 13.2. The summed E-state index contributed by atoms with van der Waals surface area (Å²) >= 11 is 0. The zero-order chi connectivity index (χ0) is 19.1. The van der Waals surface area contributed by atoms with Crippen molar-refractivity contribution in [3.8, 4) is 0 Å². The molecular formula is C17H20F3N3O2S. The molecule has 1 aliphatic rings. The number of aromatic nitrogens is 2. The minimum absolute atomic E-state index is 0.108. The lowest BCUT2D eigenvalue weighted by Gasteiger charge is -2.35. The van der Waals surface area contributed by atoms with Crippen molar-refractivity contribution in [2.45, 2.75) is 50.2 Å². The summed E-state index contributed by atoms with van der Waals surface area (Å²) in [5, 5.41) is 6.60. The Morgan fingerprint density at radius 3 is 2.58 bits per heavy atom. The number of benzene rings is 1. The molecule has 1 aromatic heterocycles. The van der Waals surface area contributed by atoms with Gasteiger partial charge >= 0.3 is 6.18 Å². The first kappa shape index (κ1) is 18.9. The van der Waals surface area contributed by atoms with Gasteiger partial charge in [-0.25, -0.2) is 8.42 Å². The van der Waals surface area contributed by atoms with E-state index >= 15 is 0 Å². The first-order chi connectivity index (χ1) is 12.1.